The van der Waals surface area contributed by atoms with Gasteiger partial charge in [-0.3, -0.25) is 15.1 Å². The molecule has 1 aromatic rings. The van der Waals surface area contributed by atoms with E-state index >= 15 is 0 Å². The average molecular weight is 338 g/mol. The molecule has 0 aliphatic carbocycles. The maximum absolute atomic E-state index is 11.8. The predicted molar refractivity (Wildman–Crippen MR) is 86.9 cm³/mol. The lowest BCUT2D eigenvalue weighted by Crippen LogP contribution is -2.60. The van der Waals surface area contributed by atoms with Gasteiger partial charge in [0.15, 0.2) is 0 Å². The molecule has 2 atom stereocenters. The third-order valence-electron chi connectivity index (χ3n) is 4.52. The lowest BCUT2D eigenvalue weighted by Gasteiger charge is -2.43. The van der Waals surface area contributed by atoms with Crippen molar-refractivity contribution in [2.24, 2.45) is 0 Å². The fourth-order valence-electron chi connectivity index (χ4n) is 3.29. The van der Waals surface area contributed by atoms with E-state index in [0.717, 1.165) is 5.56 Å². The summed E-state index contributed by atoms with van der Waals surface area (Å²) in [6.07, 6.45) is 1.65. The van der Waals surface area contributed by atoms with Crippen LogP contribution in [0.1, 0.15) is 18.0 Å². The predicted octanol–water partition coefficient (Wildman–Crippen LogP) is -0.302. The number of hydrogen-bond donors (Lipinski definition) is 2. The molecule has 0 radical (unpaired) electrons. The van der Waals surface area contributed by atoms with Crippen LogP contribution in [0.25, 0.3) is 0 Å². The first-order valence-electron chi connectivity index (χ1n) is 7.73. The van der Waals surface area contributed by atoms with Crippen molar-refractivity contribution >= 4 is 15.9 Å². The lowest BCUT2D eigenvalue weighted by molar-refractivity contribution is -0.127. The molecule has 2 unspecified atom stereocenters. The summed E-state index contributed by atoms with van der Waals surface area (Å²) in [6, 6.07) is 10.0. The number of benzene rings is 1. The molecule has 2 saturated heterocycles. The Morgan fingerprint density at radius 1 is 1.09 bits per heavy atom. The van der Waals surface area contributed by atoms with Crippen molar-refractivity contribution in [2.75, 3.05) is 32.4 Å². The van der Waals surface area contributed by atoms with E-state index in [4.69, 9.17) is 0 Å². The van der Waals surface area contributed by atoms with Crippen LogP contribution in [0.4, 0.5) is 0 Å². The fourth-order valence-corrected chi connectivity index (χ4v) is 4.11. The normalized spacial score (nSPS) is 27.6. The molecule has 1 amide bonds. The van der Waals surface area contributed by atoms with E-state index in [1.54, 1.807) is 0 Å². The van der Waals surface area contributed by atoms with E-state index < -0.39 is 10.0 Å². The quantitative estimate of drug-likeness (QED) is 0.791. The Kier molecular flexibility index (Phi) is 4.67. The SMILES string of the molecule is CS(=O)(=O)N1CCN(C2CC(=O)NNC2c2ccccc2)CC1. The molecule has 2 heterocycles. The first kappa shape index (κ1) is 16.4. The third-order valence-corrected chi connectivity index (χ3v) is 5.82. The first-order valence-corrected chi connectivity index (χ1v) is 9.58. The van der Waals surface area contributed by atoms with Crippen molar-refractivity contribution in [3.63, 3.8) is 0 Å². The summed E-state index contributed by atoms with van der Waals surface area (Å²) in [5.74, 6) is -0.0345. The molecule has 2 N–H and O–H groups in total. The Labute approximate surface area is 136 Å². The number of hydrazine groups is 1. The second kappa shape index (κ2) is 6.56. The number of amides is 1. The van der Waals surface area contributed by atoms with Gasteiger partial charge in [0.2, 0.25) is 15.9 Å². The molecule has 1 aromatic carbocycles. The van der Waals surface area contributed by atoms with Crippen LogP contribution in [-0.2, 0) is 14.8 Å². The van der Waals surface area contributed by atoms with Gasteiger partial charge in [0.1, 0.15) is 0 Å². The summed E-state index contributed by atoms with van der Waals surface area (Å²) >= 11 is 0. The summed E-state index contributed by atoms with van der Waals surface area (Å²) in [5, 5.41) is 0. The van der Waals surface area contributed by atoms with Gasteiger partial charge < -0.3 is 0 Å². The van der Waals surface area contributed by atoms with Gasteiger partial charge in [-0.15, -0.1) is 0 Å². The van der Waals surface area contributed by atoms with Gasteiger partial charge in [0, 0.05) is 38.6 Å². The summed E-state index contributed by atoms with van der Waals surface area (Å²) in [7, 11) is -3.14. The molecule has 0 bridgehead atoms. The van der Waals surface area contributed by atoms with Crippen LogP contribution >= 0.6 is 0 Å². The zero-order chi connectivity index (χ0) is 16.4. The van der Waals surface area contributed by atoms with Crippen molar-refractivity contribution in [3.05, 3.63) is 35.9 Å². The molecule has 0 spiro atoms. The number of nitrogens with zero attached hydrogens (tertiary/aromatic N) is 2. The van der Waals surface area contributed by atoms with Crippen LogP contribution in [0.15, 0.2) is 30.3 Å². The van der Waals surface area contributed by atoms with Gasteiger partial charge in [-0.25, -0.2) is 13.8 Å². The molecule has 0 aromatic heterocycles. The van der Waals surface area contributed by atoms with Crippen molar-refractivity contribution in [3.8, 4) is 0 Å². The van der Waals surface area contributed by atoms with Gasteiger partial charge in [-0.05, 0) is 5.56 Å². The minimum atomic E-state index is -3.14. The number of carbonyl (C=O) groups excluding carboxylic acids is 1. The van der Waals surface area contributed by atoms with E-state index in [2.05, 4.69) is 15.8 Å². The molecular weight excluding hydrogens is 316 g/mol. The molecule has 23 heavy (non-hydrogen) atoms. The van der Waals surface area contributed by atoms with Crippen molar-refractivity contribution in [1.82, 2.24) is 20.1 Å². The second-order valence-corrected chi connectivity index (χ2v) is 8.03. The first-order chi connectivity index (χ1) is 10.9. The molecule has 2 fully saturated rings. The number of carbonyl (C=O) groups is 1. The Balaban J connectivity index is 1.75. The summed E-state index contributed by atoms with van der Waals surface area (Å²) in [4.78, 5) is 14.0. The number of rotatable bonds is 3. The Hall–Kier alpha value is -1.48. The van der Waals surface area contributed by atoms with Crippen LogP contribution in [0, 0.1) is 0 Å². The average Bonchev–Trinajstić information content (AvgIpc) is 2.55. The van der Waals surface area contributed by atoms with Gasteiger partial charge in [-0.1, -0.05) is 30.3 Å². The van der Waals surface area contributed by atoms with E-state index in [1.165, 1.54) is 10.6 Å². The number of nitrogens with one attached hydrogen (secondary N) is 2. The molecule has 2 aliphatic heterocycles. The van der Waals surface area contributed by atoms with Crippen molar-refractivity contribution < 1.29 is 13.2 Å². The smallest absolute Gasteiger partial charge is 0.235 e. The van der Waals surface area contributed by atoms with E-state index in [-0.39, 0.29) is 18.0 Å². The van der Waals surface area contributed by atoms with Crippen LogP contribution in [-0.4, -0.2) is 62.0 Å². The number of piperazine rings is 1. The highest BCUT2D eigenvalue weighted by atomic mass is 32.2. The molecule has 2 aliphatic rings. The Bertz CT molecular complexity index is 657. The molecule has 126 valence electrons. The Morgan fingerprint density at radius 3 is 2.35 bits per heavy atom. The van der Waals surface area contributed by atoms with E-state index in [0.29, 0.717) is 32.6 Å². The number of hydrogen-bond acceptors (Lipinski definition) is 5. The summed E-state index contributed by atoms with van der Waals surface area (Å²) in [5.41, 5.74) is 6.93. The van der Waals surface area contributed by atoms with Crippen LogP contribution in [0.5, 0.6) is 0 Å². The van der Waals surface area contributed by atoms with Crippen LogP contribution < -0.4 is 10.9 Å². The second-order valence-electron chi connectivity index (χ2n) is 6.05. The summed E-state index contributed by atoms with van der Waals surface area (Å²) < 4.78 is 24.8. The maximum Gasteiger partial charge on any atom is 0.235 e. The third kappa shape index (κ3) is 3.72. The largest absolute Gasteiger partial charge is 0.295 e. The molecular formula is C15H22N4O3S. The van der Waals surface area contributed by atoms with Crippen molar-refractivity contribution in [2.45, 2.75) is 18.5 Å². The highest BCUT2D eigenvalue weighted by Gasteiger charge is 2.36. The van der Waals surface area contributed by atoms with Crippen LogP contribution in [0.3, 0.4) is 0 Å². The van der Waals surface area contributed by atoms with Crippen LogP contribution in [0.2, 0.25) is 0 Å². The van der Waals surface area contributed by atoms with Gasteiger partial charge >= 0.3 is 0 Å². The van der Waals surface area contributed by atoms with E-state index in [9.17, 15) is 13.2 Å². The fraction of sp³-hybridized carbons (Fsp3) is 0.533. The number of sulfonamides is 1. The van der Waals surface area contributed by atoms with Gasteiger partial charge in [0.25, 0.3) is 0 Å². The standard InChI is InChI=1S/C15H22N4O3S/c1-23(21,22)19-9-7-18(8-10-19)13-11-14(20)16-17-15(13)12-5-3-2-4-6-12/h2-6,13,15,17H,7-11H2,1H3,(H,16,20). The van der Waals surface area contributed by atoms with Gasteiger partial charge in [0.05, 0.1) is 12.3 Å². The highest BCUT2D eigenvalue weighted by molar-refractivity contribution is 7.88. The zero-order valence-corrected chi connectivity index (χ0v) is 13.9. The minimum Gasteiger partial charge on any atom is -0.295 e. The monoisotopic (exact) mass is 338 g/mol. The van der Waals surface area contributed by atoms with E-state index in [1.807, 2.05) is 30.3 Å². The van der Waals surface area contributed by atoms with Crippen molar-refractivity contribution in [1.29, 1.82) is 0 Å². The zero-order valence-electron chi connectivity index (χ0n) is 13.1. The van der Waals surface area contributed by atoms with Gasteiger partial charge in [-0.2, -0.15) is 4.31 Å². The Morgan fingerprint density at radius 2 is 1.74 bits per heavy atom. The lowest BCUT2D eigenvalue weighted by atomic mass is 9.94. The topological polar surface area (TPSA) is 81.8 Å². The minimum absolute atomic E-state index is 0.00122. The molecule has 8 heteroatoms. The molecule has 0 saturated carbocycles. The summed E-state index contributed by atoms with van der Waals surface area (Å²) in [6.45, 7) is 2.21. The maximum atomic E-state index is 11.8. The molecule has 7 nitrogen and oxygen atoms in total. The highest BCUT2D eigenvalue weighted by Crippen LogP contribution is 2.26. The molecule has 3 rings (SSSR count).